The van der Waals surface area contributed by atoms with Crippen LogP contribution in [-0.2, 0) is 10.0 Å². The lowest BCUT2D eigenvalue weighted by Gasteiger charge is -2.39. The third-order valence-corrected chi connectivity index (χ3v) is 7.63. The van der Waals surface area contributed by atoms with E-state index in [2.05, 4.69) is 13.8 Å². The maximum Gasteiger partial charge on any atom is 0.339 e. The van der Waals surface area contributed by atoms with Crippen LogP contribution in [-0.4, -0.2) is 31.9 Å². The molecular weight excluding hydrogens is 414 g/mol. The highest BCUT2D eigenvalue weighted by molar-refractivity contribution is 7.89. The third-order valence-electron chi connectivity index (χ3n) is 5.66. The summed E-state index contributed by atoms with van der Waals surface area (Å²) in [6, 6.07) is 7.02. The molecule has 7 heteroatoms. The van der Waals surface area contributed by atoms with Gasteiger partial charge in [-0.15, -0.1) is 0 Å². The summed E-state index contributed by atoms with van der Waals surface area (Å²) in [5, 5.41) is 0. The van der Waals surface area contributed by atoms with Crippen LogP contribution < -0.4 is 10.4 Å². The van der Waals surface area contributed by atoms with Crippen molar-refractivity contribution in [1.82, 2.24) is 4.31 Å². The fourth-order valence-corrected chi connectivity index (χ4v) is 5.99. The first-order valence-corrected chi connectivity index (χ1v) is 12.3. The molecule has 170 valence electrons. The fourth-order valence-electron chi connectivity index (χ4n) is 3.82. The van der Waals surface area contributed by atoms with Gasteiger partial charge in [0.15, 0.2) is 0 Å². The Morgan fingerprint density at radius 1 is 0.935 bits per heavy atom. The van der Waals surface area contributed by atoms with E-state index in [1.807, 2.05) is 39.8 Å². The van der Waals surface area contributed by atoms with Gasteiger partial charge in [-0.25, -0.2) is 13.2 Å². The van der Waals surface area contributed by atoms with Crippen molar-refractivity contribution in [2.45, 2.75) is 77.2 Å². The second kappa shape index (κ2) is 8.79. The molecule has 6 nitrogen and oxygen atoms in total. The van der Waals surface area contributed by atoms with E-state index in [0.717, 1.165) is 16.7 Å². The van der Waals surface area contributed by atoms with Gasteiger partial charge in [-0.1, -0.05) is 53.7 Å². The Balaban J connectivity index is 1.91. The Hall–Kier alpha value is -2.12. The van der Waals surface area contributed by atoms with E-state index in [-0.39, 0.29) is 31.0 Å². The van der Waals surface area contributed by atoms with Gasteiger partial charge in [0.05, 0.1) is 24.1 Å². The van der Waals surface area contributed by atoms with E-state index in [4.69, 9.17) is 9.15 Å². The Kier molecular flexibility index (Phi) is 6.67. The summed E-state index contributed by atoms with van der Waals surface area (Å²) >= 11 is 0. The minimum Gasteiger partial charge on any atom is -0.487 e. The number of hydrogen-bond acceptors (Lipinski definition) is 5. The molecule has 0 bridgehead atoms. The van der Waals surface area contributed by atoms with Crippen molar-refractivity contribution >= 4 is 10.0 Å². The van der Waals surface area contributed by atoms with E-state index >= 15 is 0 Å². The zero-order valence-electron chi connectivity index (χ0n) is 19.4. The van der Waals surface area contributed by atoms with Crippen LogP contribution in [0.3, 0.4) is 0 Å². The highest BCUT2D eigenvalue weighted by atomic mass is 32.2. The monoisotopic (exact) mass is 447 g/mol. The molecule has 0 unspecified atom stereocenters. The maximum atomic E-state index is 13.7. The quantitative estimate of drug-likeness (QED) is 0.611. The molecule has 2 heterocycles. The van der Waals surface area contributed by atoms with Crippen LogP contribution in [0.25, 0.3) is 0 Å². The smallest absolute Gasteiger partial charge is 0.339 e. The van der Waals surface area contributed by atoms with E-state index in [1.165, 1.54) is 10.4 Å². The zero-order valence-corrected chi connectivity index (χ0v) is 20.2. The average Bonchev–Trinajstić information content (AvgIpc) is 2.61. The Bertz CT molecular complexity index is 1080. The van der Waals surface area contributed by atoms with Gasteiger partial charge < -0.3 is 9.15 Å². The molecule has 1 saturated heterocycles. The summed E-state index contributed by atoms with van der Waals surface area (Å²) < 4.78 is 39.5. The molecule has 0 aliphatic carbocycles. The van der Waals surface area contributed by atoms with Crippen molar-refractivity contribution in [3.05, 3.63) is 57.1 Å². The van der Waals surface area contributed by atoms with Crippen LogP contribution in [0, 0.1) is 6.92 Å². The fraction of sp³-hybridized carbons (Fsp3) is 0.542. The zero-order chi connectivity index (χ0) is 23.1. The number of benzene rings is 1. The molecule has 0 amide bonds. The molecule has 0 atom stereocenters. The molecule has 0 saturated carbocycles. The molecule has 1 aliphatic rings. The summed E-state index contributed by atoms with van der Waals surface area (Å²) in [6.45, 7) is 14.6. The predicted molar refractivity (Wildman–Crippen MR) is 122 cm³/mol. The van der Waals surface area contributed by atoms with E-state index in [9.17, 15) is 13.2 Å². The Morgan fingerprint density at radius 3 is 1.94 bits per heavy atom. The number of aryl methyl sites for hydroxylation is 1. The SMILES string of the molecule is Cc1cc(OC2CN(S(=O)(=O)c3c(C(C)C)cc(C(C)C)cc3C(C)C)C2)cc(=O)o1. The first-order valence-electron chi connectivity index (χ1n) is 10.9. The van der Waals surface area contributed by atoms with Gasteiger partial charge in [0.25, 0.3) is 0 Å². The number of hydrogen-bond donors (Lipinski definition) is 0. The van der Waals surface area contributed by atoms with Crippen LogP contribution in [0.4, 0.5) is 0 Å². The van der Waals surface area contributed by atoms with Crippen molar-refractivity contribution in [3.63, 3.8) is 0 Å². The molecule has 0 spiro atoms. The third kappa shape index (κ3) is 4.88. The van der Waals surface area contributed by atoms with Gasteiger partial charge in [-0.05, 0) is 41.4 Å². The molecule has 1 aromatic carbocycles. The van der Waals surface area contributed by atoms with Crippen molar-refractivity contribution in [1.29, 1.82) is 0 Å². The van der Waals surface area contributed by atoms with Crippen LogP contribution >= 0.6 is 0 Å². The first kappa shape index (κ1) is 23.5. The standard InChI is InChI=1S/C24H33NO5S/c1-14(2)18-9-21(15(3)4)24(22(10-18)16(5)6)31(27,28)25-12-20(13-25)30-19-8-17(7)29-23(26)11-19/h8-11,14-16,20H,12-13H2,1-7H3. The van der Waals surface area contributed by atoms with Gasteiger partial charge >= 0.3 is 5.63 Å². The lowest BCUT2D eigenvalue weighted by atomic mass is 9.89. The summed E-state index contributed by atoms with van der Waals surface area (Å²) in [5.74, 6) is 1.35. The number of nitrogens with zero attached hydrogens (tertiary/aromatic N) is 1. The van der Waals surface area contributed by atoms with Crippen molar-refractivity contribution in [3.8, 4) is 5.75 Å². The van der Waals surface area contributed by atoms with Gasteiger partial charge in [-0.2, -0.15) is 4.31 Å². The lowest BCUT2D eigenvalue weighted by molar-refractivity contribution is 0.0753. The molecule has 2 aromatic rings. The Labute approximate surface area is 185 Å². The van der Waals surface area contributed by atoms with Crippen molar-refractivity contribution in [2.75, 3.05) is 13.1 Å². The molecule has 3 rings (SSSR count). The second-order valence-corrected chi connectivity index (χ2v) is 11.2. The first-order chi connectivity index (χ1) is 14.4. The molecular formula is C24H33NO5S. The normalized spacial score (nSPS) is 15.7. The largest absolute Gasteiger partial charge is 0.487 e. The summed E-state index contributed by atoms with van der Waals surface area (Å²) in [7, 11) is -3.66. The summed E-state index contributed by atoms with van der Waals surface area (Å²) in [4.78, 5) is 12.0. The van der Waals surface area contributed by atoms with Crippen LogP contribution in [0.5, 0.6) is 5.75 Å². The maximum absolute atomic E-state index is 13.7. The highest BCUT2D eigenvalue weighted by Crippen LogP contribution is 2.38. The van der Waals surface area contributed by atoms with E-state index in [1.54, 1.807) is 13.0 Å². The number of ether oxygens (including phenoxy) is 1. The highest BCUT2D eigenvalue weighted by Gasteiger charge is 2.41. The summed E-state index contributed by atoms with van der Waals surface area (Å²) in [6.07, 6.45) is -0.295. The van der Waals surface area contributed by atoms with Gasteiger partial charge in [0, 0.05) is 6.07 Å². The minimum atomic E-state index is -3.66. The molecule has 0 N–H and O–H groups in total. The second-order valence-electron chi connectivity index (χ2n) is 9.28. The average molecular weight is 448 g/mol. The van der Waals surface area contributed by atoms with Crippen LogP contribution in [0.2, 0.25) is 0 Å². The molecule has 31 heavy (non-hydrogen) atoms. The van der Waals surface area contributed by atoms with Gasteiger partial charge in [0.2, 0.25) is 10.0 Å². The van der Waals surface area contributed by atoms with Crippen molar-refractivity contribution in [2.24, 2.45) is 0 Å². The lowest BCUT2D eigenvalue weighted by Crippen LogP contribution is -2.56. The number of rotatable bonds is 7. The molecule has 1 fully saturated rings. The van der Waals surface area contributed by atoms with Crippen LogP contribution in [0.1, 0.15) is 81.7 Å². The minimum absolute atomic E-state index is 0.0841. The van der Waals surface area contributed by atoms with E-state index < -0.39 is 15.6 Å². The Morgan fingerprint density at radius 2 is 1.48 bits per heavy atom. The number of sulfonamides is 1. The van der Waals surface area contributed by atoms with E-state index in [0.29, 0.717) is 22.3 Å². The van der Waals surface area contributed by atoms with Crippen molar-refractivity contribution < 1.29 is 17.6 Å². The molecule has 1 aliphatic heterocycles. The topological polar surface area (TPSA) is 76.8 Å². The summed E-state index contributed by atoms with van der Waals surface area (Å²) in [5.41, 5.74) is 2.42. The molecule has 0 radical (unpaired) electrons. The predicted octanol–water partition coefficient (Wildman–Crippen LogP) is 4.77. The molecule has 1 aromatic heterocycles. The van der Waals surface area contributed by atoms with Gasteiger partial charge in [-0.3, -0.25) is 0 Å². The van der Waals surface area contributed by atoms with Gasteiger partial charge in [0.1, 0.15) is 17.6 Å². The van der Waals surface area contributed by atoms with Crippen LogP contribution in [0.15, 0.2) is 38.4 Å².